The molecule has 0 aliphatic heterocycles. The number of benzene rings is 2. The fourth-order valence-corrected chi connectivity index (χ4v) is 2.68. The first-order valence-corrected chi connectivity index (χ1v) is 9.03. The summed E-state index contributed by atoms with van der Waals surface area (Å²) in [5.74, 6) is 1.10. The third kappa shape index (κ3) is 5.78. The number of carbonyl (C=O) groups is 2. The van der Waals surface area contributed by atoms with Crippen LogP contribution < -0.4 is 29.8 Å². The Balaban J connectivity index is 1.98. The molecule has 2 N–H and O–H groups in total. The van der Waals surface area contributed by atoms with Gasteiger partial charge in [-0.1, -0.05) is 6.07 Å². The maximum Gasteiger partial charge on any atom is 0.269 e. The normalized spacial score (nSPS) is 10.3. The number of hydrogen-bond acceptors (Lipinski definition) is 6. The number of amides is 2. The van der Waals surface area contributed by atoms with E-state index in [0.29, 0.717) is 34.1 Å². The van der Waals surface area contributed by atoms with Crippen LogP contribution in [0.25, 0.3) is 0 Å². The second kappa shape index (κ2) is 10.2. The van der Waals surface area contributed by atoms with Crippen LogP contribution in [0.15, 0.2) is 36.4 Å². The van der Waals surface area contributed by atoms with Crippen LogP contribution in [0.3, 0.4) is 0 Å². The molecular formula is C21H26N2O6. The van der Waals surface area contributed by atoms with Crippen molar-refractivity contribution in [3.8, 4) is 23.0 Å². The van der Waals surface area contributed by atoms with Crippen LogP contribution in [0.1, 0.15) is 29.8 Å². The molecule has 0 fully saturated rings. The van der Waals surface area contributed by atoms with Gasteiger partial charge in [0, 0.05) is 11.1 Å². The monoisotopic (exact) mass is 402 g/mol. The molecule has 0 bridgehead atoms. The van der Waals surface area contributed by atoms with E-state index in [4.69, 9.17) is 18.9 Å². The Hall–Kier alpha value is -3.42. The quantitative estimate of drug-likeness (QED) is 0.659. The minimum Gasteiger partial charge on any atom is -0.493 e. The van der Waals surface area contributed by atoms with Gasteiger partial charge in [-0.3, -0.25) is 20.4 Å². The highest BCUT2D eigenvalue weighted by molar-refractivity contribution is 5.95. The molecule has 2 amide bonds. The van der Waals surface area contributed by atoms with Crippen LogP contribution in [0, 0.1) is 0 Å². The zero-order valence-electron chi connectivity index (χ0n) is 17.2. The van der Waals surface area contributed by atoms with Gasteiger partial charge in [0.15, 0.2) is 11.5 Å². The summed E-state index contributed by atoms with van der Waals surface area (Å²) in [5, 5.41) is 0. The van der Waals surface area contributed by atoms with Gasteiger partial charge in [0.25, 0.3) is 5.91 Å². The smallest absolute Gasteiger partial charge is 0.269 e. The van der Waals surface area contributed by atoms with Crippen LogP contribution in [-0.4, -0.2) is 39.2 Å². The topological polar surface area (TPSA) is 95.1 Å². The number of methoxy groups -OCH3 is 3. The Morgan fingerprint density at radius 1 is 0.862 bits per heavy atom. The molecule has 156 valence electrons. The minimum absolute atomic E-state index is 0.0228. The van der Waals surface area contributed by atoms with Gasteiger partial charge in [-0.25, -0.2) is 0 Å². The molecule has 0 saturated heterocycles. The van der Waals surface area contributed by atoms with Gasteiger partial charge in [0.1, 0.15) is 5.75 Å². The molecule has 8 nitrogen and oxygen atoms in total. The van der Waals surface area contributed by atoms with Crippen molar-refractivity contribution in [3.63, 3.8) is 0 Å². The van der Waals surface area contributed by atoms with Crippen LogP contribution >= 0.6 is 0 Å². The summed E-state index contributed by atoms with van der Waals surface area (Å²) in [6, 6.07) is 10.0. The van der Waals surface area contributed by atoms with E-state index in [1.165, 1.54) is 21.3 Å². The van der Waals surface area contributed by atoms with Gasteiger partial charge < -0.3 is 18.9 Å². The van der Waals surface area contributed by atoms with E-state index < -0.39 is 11.8 Å². The van der Waals surface area contributed by atoms with E-state index in [-0.39, 0.29) is 12.5 Å². The highest BCUT2D eigenvalue weighted by Crippen LogP contribution is 2.39. The lowest BCUT2D eigenvalue weighted by Gasteiger charge is -2.15. The molecule has 2 rings (SSSR count). The molecule has 0 radical (unpaired) electrons. The molecule has 0 aliphatic carbocycles. The predicted molar refractivity (Wildman–Crippen MR) is 108 cm³/mol. The van der Waals surface area contributed by atoms with Gasteiger partial charge >= 0.3 is 0 Å². The Bertz CT molecular complexity index is 849. The van der Waals surface area contributed by atoms with E-state index in [1.807, 2.05) is 13.8 Å². The highest BCUT2D eigenvalue weighted by atomic mass is 16.5. The first kappa shape index (κ1) is 21.9. The van der Waals surface area contributed by atoms with E-state index in [9.17, 15) is 9.59 Å². The van der Waals surface area contributed by atoms with Gasteiger partial charge in [-0.15, -0.1) is 0 Å². The summed E-state index contributed by atoms with van der Waals surface area (Å²) >= 11 is 0. The van der Waals surface area contributed by atoms with Crippen molar-refractivity contribution in [2.45, 2.75) is 26.4 Å². The lowest BCUT2D eigenvalue weighted by atomic mass is 10.1. The average molecular weight is 402 g/mol. The Morgan fingerprint density at radius 2 is 1.52 bits per heavy atom. The molecule has 8 heteroatoms. The van der Waals surface area contributed by atoms with Crippen molar-refractivity contribution < 1.29 is 28.5 Å². The standard InChI is InChI=1S/C21H26N2O6/c1-13(2)29-16-9-6-14(7-10-16)21(25)23-22-18(24)12-15-8-11-17(26-3)20(28-5)19(15)27-4/h6-11,13H,12H2,1-5H3,(H,22,24)(H,23,25). The number of nitrogens with one attached hydrogen (secondary N) is 2. The third-order valence-electron chi connectivity index (χ3n) is 3.94. The molecule has 0 aliphatic rings. The van der Waals surface area contributed by atoms with E-state index in [0.717, 1.165) is 0 Å². The zero-order valence-corrected chi connectivity index (χ0v) is 17.2. The number of hydrogen-bond donors (Lipinski definition) is 2. The van der Waals surface area contributed by atoms with Crippen molar-refractivity contribution in [3.05, 3.63) is 47.5 Å². The Labute approximate surface area is 170 Å². The van der Waals surface area contributed by atoms with Crippen LogP contribution in [-0.2, 0) is 11.2 Å². The summed E-state index contributed by atoms with van der Waals surface area (Å²) < 4.78 is 21.4. The summed E-state index contributed by atoms with van der Waals surface area (Å²) in [4.78, 5) is 24.5. The van der Waals surface area contributed by atoms with Crippen LogP contribution in [0.4, 0.5) is 0 Å². The molecule has 0 spiro atoms. The van der Waals surface area contributed by atoms with Crippen molar-refractivity contribution in [1.29, 1.82) is 0 Å². The van der Waals surface area contributed by atoms with Crippen molar-refractivity contribution in [1.82, 2.24) is 10.9 Å². The molecule has 29 heavy (non-hydrogen) atoms. The van der Waals surface area contributed by atoms with Gasteiger partial charge in [0.2, 0.25) is 11.7 Å². The molecule has 0 atom stereocenters. The molecule has 2 aromatic carbocycles. The van der Waals surface area contributed by atoms with Crippen molar-refractivity contribution in [2.75, 3.05) is 21.3 Å². The van der Waals surface area contributed by atoms with E-state index in [1.54, 1.807) is 36.4 Å². The van der Waals surface area contributed by atoms with Gasteiger partial charge in [-0.05, 0) is 44.2 Å². The predicted octanol–water partition coefficient (Wildman–Crippen LogP) is 2.50. The summed E-state index contributed by atoms with van der Waals surface area (Å²) in [7, 11) is 4.48. The molecule has 2 aromatic rings. The summed E-state index contributed by atoms with van der Waals surface area (Å²) in [6.45, 7) is 3.84. The largest absolute Gasteiger partial charge is 0.493 e. The molecule has 0 heterocycles. The third-order valence-corrected chi connectivity index (χ3v) is 3.94. The van der Waals surface area contributed by atoms with Gasteiger partial charge in [-0.2, -0.15) is 0 Å². The first-order chi connectivity index (χ1) is 13.9. The second-order valence-electron chi connectivity index (χ2n) is 6.36. The van der Waals surface area contributed by atoms with Crippen LogP contribution in [0.5, 0.6) is 23.0 Å². The van der Waals surface area contributed by atoms with Gasteiger partial charge in [0.05, 0.1) is 33.9 Å². The lowest BCUT2D eigenvalue weighted by molar-refractivity contribution is -0.121. The fraction of sp³-hybridized carbons (Fsp3) is 0.333. The second-order valence-corrected chi connectivity index (χ2v) is 6.36. The average Bonchev–Trinajstić information content (AvgIpc) is 2.71. The van der Waals surface area contributed by atoms with E-state index in [2.05, 4.69) is 10.9 Å². The fourth-order valence-electron chi connectivity index (χ4n) is 2.68. The zero-order chi connectivity index (χ0) is 21.4. The lowest BCUT2D eigenvalue weighted by Crippen LogP contribution is -2.42. The molecule has 0 saturated carbocycles. The number of rotatable bonds is 8. The minimum atomic E-state index is -0.436. The maximum atomic E-state index is 12.3. The summed E-state index contributed by atoms with van der Waals surface area (Å²) in [5.41, 5.74) is 5.77. The molecular weight excluding hydrogens is 376 g/mol. The molecule has 0 aromatic heterocycles. The van der Waals surface area contributed by atoms with Crippen molar-refractivity contribution >= 4 is 11.8 Å². The number of carbonyl (C=O) groups excluding carboxylic acids is 2. The Kier molecular flexibility index (Phi) is 7.70. The van der Waals surface area contributed by atoms with Crippen molar-refractivity contribution in [2.24, 2.45) is 0 Å². The maximum absolute atomic E-state index is 12.3. The number of ether oxygens (including phenoxy) is 4. The highest BCUT2D eigenvalue weighted by Gasteiger charge is 2.18. The van der Waals surface area contributed by atoms with E-state index >= 15 is 0 Å². The first-order valence-electron chi connectivity index (χ1n) is 9.03. The summed E-state index contributed by atoms with van der Waals surface area (Å²) in [6.07, 6.45) is 0.0212. The van der Waals surface area contributed by atoms with Crippen LogP contribution in [0.2, 0.25) is 0 Å². The SMILES string of the molecule is COc1ccc(CC(=O)NNC(=O)c2ccc(OC(C)C)cc2)c(OC)c1OC. The Morgan fingerprint density at radius 3 is 2.07 bits per heavy atom. The number of hydrazine groups is 1. The molecule has 0 unspecified atom stereocenters.